The zero-order valence-electron chi connectivity index (χ0n) is 16.3. The van der Waals surface area contributed by atoms with E-state index in [1.807, 2.05) is 0 Å². The molecule has 142 valence electrons. The van der Waals surface area contributed by atoms with Gasteiger partial charge >= 0.3 is 0 Å². The third-order valence-corrected chi connectivity index (χ3v) is 5.42. The summed E-state index contributed by atoms with van der Waals surface area (Å²) < 4.78 is 0. The lowest BCUT2D eigenvalue weighted by Crippen LogP contribution is -2.52. The van der Waals surface area contributed by atoms with Crippen LogP contribution in [0.25, 0.3) is 0 Å². The van der Waals surface area contributed by atoms with Crippen molar-refractivity contribution in [2.24, 2.45) is 0 Å². The van der Waals surface area contributed by atoms with Crippen LogP contribution in [-0.4, -0.2) is 57.4 Å². The molecule has 0 amide bonds. The fourth-order valence-corrected chi connectivity index (χ4v) is 3.74. The average Bonchev–Trinajstić information content (AvgIpc) is 3.08. The Bertz CT molecular complexity index is 697. The smallest absolute Gasteiger partial charge is 0.0650 e. The fraction of sp³-hybridized carbons (Fsp3) is 0.571. The number of nitrogens with one attached hydrogen (secondary N) is 1. The van der Waals surface area contributed by atoms with Gasteiger partial charge in [-0.1, -0.05) is 38.1 Å². The van der Waals surface area contributed by atoms with E-state index in [1.165, 1.54) is 16.8 Å². The maximum atomic E-state index is 9.54. The summed E-state index contributed by atoms with van der Waals surface area (Å²) in [6, 6.07) is 11.2. The maximum absolute atomic E-state index is 9.54. The SMILES string of the molecule is Cc1ccccc1CN1CCN(Cc2cc(C(C)C)n[nH]2)C[C@H]1CCO. The summed E-state index contributed by atoms with van der Waals surface area (Å²) in [5.41, 5.74) is 5.05. The van der Waals surface area contributed by atoms with Crippen LogP contribution in [0.1, 0.15) is 48.7 Å². The van der Waals surface area contributed by atoms with E-state index in [0.29, 0.717) is 12.0 Å². The van der Waals surface area contributed by atoms with Crippen LogP contribution in [0.3, 0.4) is 0 Å². The Kier molecular flexibility index (Phi) is 6.46. The lowest BCUT2D eigenvalue weighted by atomic mass is 10.0. The molecule has 26 heavy (non-hydrogen) atoms. The molecule has 2 heterocycles. The van der Waals surface area contributed by atoms with Crippen molar-refractivity contribution in [2.75, 3.05) is 26.2 Å². The Balaban J connectivity index is 1.62. The summed E-state index contributed by atoms with van der Waals surface area (Å²) >= 11 is 0. The van der Waals surface area contributed by atoms with Gasteiger partial charge in [0, 0.05) is 51.1 Å². The second-order valence-electron chi connectivity index (χ2n) is 7.77. The van der Waals surface area contributed by atoms with Gasteiger partial charge in [-0.25, -0.2) is 0 Å². The van der Waals surface area contributed by atoms with Crippen molar-refractivity contribution >= 4 is 0 Å². The predicted molar refractivity (Wildman–Crippen MR) is 105 cm³/mol. The molecule has 1 fully saturated rings. The van der Waals surface area contributed by atoms with Crippen LogP contribution in [0.5, 0.6) is 0 Å². The molecule has 0 saturated carbocycles. The summed E-state index contributed by atoms with van der Waals surface area (Å²) in [7, 11) is 0. The van der Waals surface area contributed by atoms with E-state index in [2.05, 4.69) is 71.1 Å². The maximum Gasteiger partial charge on any atom is 0.0650 e. The molecule has 1 saturated heterocycles. The van der Waals surface area contributed by atoms with E-state index in [-0.39, 0.29) is 6.61 Å². The first-order chi connectivity index (χ1) is 12.6. The number of hydrogen-bond acceptors (Lipinski definition) is 4. The molecule has 0 bridgehead atoms. The minimum absolute atomic E-state index is 0.240. The molecule has 1 aliphatic heterocycles. The first-order valence-corrected chi connectivity index (χ1v) is 9.72. The quantitative estimate of drug-likeness (QED) is 0.801. The molecule has 1 aromatic heterocycles. The number of benzene rings is 1. The summed E-state index contributed by atoms with van der Waals surface area (Å²) in [5.74, 6) is 0.452. The Hall–Kier alpha value is -1.69. The lowest BCUT2D eigenvalue weighted by Gasteiger charge is -2.41. The van der Waals surface area contributed by atoms with Gasteiger partial charge in [-0.3, -0.25) is 14.9 Å². The summed E-state index contributed by atoms with van der Waals surface area (Å²) in [6.45, 7) is 11.7. The Morgan fingerprint density at radius 2 is 2.04 bits per heavy atom. The van der Waals surface area contributed by atoms with E-state index in [0.717, 1.165) is 44.8 Å². The van der Waals surface area contributed by atoms with Gasteiger partial charge < -0.3 is 5.11 Å². The van der Waals surface area contributed by atoms with E-state index >= 15 is 0 Å². The number of aryl methyl sites for hydroxylation is 1. The monoisotopic (exact) mass is 356 g/mol. The van der Waals surface area contributed by atoms with E-state index < -0.39 is 0 Å². The molecule has 5 heteroatoms. The van der Waals surface area contributed by atoms with Gasteiger partial charge in [-0.2, -0.15) is 5.10 Å². The summed E-state index contributed by atoms with van der Waals surface area (Å²) in [4.78, 5) is 5.01. The van der Waals surface area contributed by atoms with Crippen LogP contribution in [0.4, 0.5) is 0 Å². The number of nitrogens with zero attached hydrogens (tertiary/aromatic N) is 3. The molecule has 5 nitrogen and oxygen atoms in total. The molecule has 0 spiro atoms. The molecule has 0 aliphatic carbocycles. The Morgan fingerprint density at radius 3 is 2.73 bits per heavy atom. The van der Waals surface area contributed by atoms with Crippen molar-refractivity contribution < 1.29 is 5.11 Å². The number of rotatable bonds is 7. The minimum atomic E-state index is 0.240. The van der Waals surface area contributed by atoms with Crippen LogP contribution in [0, 0.1) is 6.92 Å². The molecule has 3 rings (SSSR count). The number of aromatic nitrogens is 2. The number of H-pyrrole nitrogens is 1. The average molecular weight is 357 g/mol. The first-order valence-electron chi connectivity index (χ1n) is 9.72. The van der Waals surface area contributed by atoms with Gasteiger partial charge in [0.15, 0.2) is 0 Å². The van der Waals surface area contributed by atoms with E-state index in [1.54, 1.807) is 0 Å². The summed E-state index contributed by atoms with van der Waals surface area (Å²) in [5, 5.41) is 17.1. The van der Waals surface area contributed by atoms with Gasteiger partial charge in [-0.05, 0) is 36.5 Å². The van der Waals surface area contributed by atoms with Gasteiger partial charge in [0.25, 0.3) is 0 Å². The highest BCUT2D eigenvalue weighted by Crippen LogP contribution is 2.20. The van der Waals surface area contributed by atoms with Crippen LogP contribution in [-0.2, 0) is 13.1 Å². The highest BCUT2D eigenvalue weighted by molar-refractivity contribution is 5.25. The largest absolute Gasteiger partial charge is 0.396 e. The zero-order valence-corrected chi connectivity index (χ0v) is 16.3. The van der Waals surface area contributed by atoms with Gasteiger partial charge in [0.05, 0.1) is 5.69 Å². The number of aromatic amines is 1. The standard InChI is InChI=1S/C21H32N4O/c1-16(2)21-12-19(22-23-21)14-24-9-10-25(20(15-24)8-11-26)13-18-7-5-4-6-17(18)3/h4-7,12,16,20,26H,8-11,13-15H2,1-3H3,(H,22,23)/t20-/m1/s1. The summed E-state index contributed by atoms with van der Waals surface area (Å²) in [6.07, 6.45) is 0.822. The van der Waals surface area contributed by atoms with Gasteiger partial charge in [0.2, 0.25) is 0 Å². The normalized spacial score (nSPS) is 19.3. The van der Waals surface area contributed by atoms with Crippen LogP contribution in [0.15, 0.2) is 30.3 Å². The topological polar surface area (TPSA) is 55.4 Å². The molecule has 1 atom stereocenters. The minimum Gasteiger partial charge on any atom is -0.396 e. The zero-order chi connectivity index (χ0) is 18.5. The molecule has 1 aromatic carbocycles. The fourth-order valence-electron chi connectivity index (χ4n) is 3.74. The van der Waals surface area contributed by atoms with Gasteiger partial charge in [0.1, 0.15) is 0 Å². The molecule has 2 N–H and O–H groups in total. The molecule has 1 aliphatic rings. The molecule has 0 radical (unpaired) electrons. The highest BCUT2D eigenvalue weighted by Gasteiger charge is 2.27. The molecular formula is C21H32N4O. The van der Waals surface area contributed by atoms with Crippen LogP contribution in [0.2, 0.25) is 0 Å². The third-order valence-electron chi connectivity index (χ3n) is 5.42. The Labute approximate surface area is 157 Å². The van der Waals surface area contributed by atoms with Crippen molar-refractivity contribution in [3.05, 3.63) is 52.8 Å². The van der Waals surface area contributed by atoms with Crippen LogP contribution >= 0.6 is 0 Å². The molecular weight excluding hydrogens is 324 g/mol. The van der Waals surface area contributed by atoms with E-state index in [4.69, 9.17) is 0 Å². The number of aliphatic hydroxyl groups excluding tert-OH is 1. The van der Waals surface area contributed by atoms with Crippen molar-refractivity contribution in [3.63, 3.8) is 0 Å². The second kappa shape index (κ2) is 8.80. The third kappa shape index (κ3) is 4.72. The number of aliphatic hydroxyl groups is 1. The highest BCUT2D eigenvalue weighted by atomic mass is 16.3. The van der Waals surface area contributed by atoms with Crippen LogP contribution < -0.4 is 0 Å². The molecule has 0 unspecified atom stereocenters. The van der Waals surface area contributed by atoms with Crippen molar-refractivity contribution in [1.82, 2.24) is 20.0 Å². The van der Waals surface area contributed by atoms with E-state index in [9.17, 15) is 5.11 Å². The predicted octanol–water partition coefficient (Wildman–Crippen LogP) is 2.91. The van der Waals surface area contributed by atoms with Crippen molar-refractivity contribution in [3.8, 4) is 0 Å². The first kappa shape index (κ1) is 19.1. The lowest BCUT2D eigenvalue weighted by molar-refractivity contribution is 0.0493. The number of hydrogen-bond donors (Lipinski definition) is 2. The van der Waals surface area contributed by atoms with Crippen molar-refractivity contribution in [2.45, 2.75) is 52.2 Å². The Morgan fingerprint density at radius 1 is 1.23 bits per heavy atom. The molecule has 2 aromatic rings. The second-order valence-corrected chi connectivity index (χ2v) is 7.77. The van der Waals surface area contributed by atoms with Crippen molar-refractivity contribution in [1.29, 1.82) is 0 Å². The number of piperazine rings is 1. The van der Waals surface area contributed by atoms with Gasteiger partial charge in [-0.15, -0.1) is 0 Å².